The first-order valence-electron chi connectivity index (χ1n) is 5.75. The fourth-order valence-electron chi connectivity index (χ4n) is 1.40. The molecule has 10 heteroatoms. The number of rotatable bonds is 4. The van der Waals surface area contributed by atoms with Crippen LogP contribution in [0.1, 0.15) is 4.88 Å². The van der Waals surface area contributed by atoms with E-state index in [-0.39, 0.29) is 10.1 Å². The third kappa shape index (κ3) is 4.63. The van der Waals surface area contributed by atoms with Crippen molar-refractivity contribution in [3.8, 4) is 0 Å². The van der Waals surface area contributed by atoms with E-state index in [9.17, 15) is 10.1 Å². The molecule has 0 amide bonds. The van der Waals surface area contributed by atoms with Gasteiger partial charge in [0, 0.05) is 11.8 Å². The van der Waals surface area contributed by atoms with Crippen LogP contribution in [-0.2, 0) is 0 Å². The number of anilines is 1. The average molecular weight is 375 g/mol. The zero-order valence-corrected chi connectivity index (χ0v) is 13.9. The van der Waals surface area contributed by atoms with E-state index in [1.165, 1.54) is 12.3 Å². The minimum Gasteiger partial charge on any atom is -0.331 e. The number of hydrazone groups is 1. The summed E-state index contributed by atoms with van der Waals surface area (Å²) in [5.41, 5.74) is 3.26. The Kier molecular flexibility index (Phi) is 5.67. The van der Waals surface area contributed by atoms with E-state index < -0.39 is 4.92 Å². The lowest BCUT2D eigenvalue weighted by Crippen LogP contribution is -2.23. The molecule has 22 heavy (non-hydrogen) atoms. The molecule has 0 saturated heterocycles. The van der Waals surface area contributed by atoms with Crippen molar-refractivity contribution in [1.82, 2.24) is 5.43 Å². The van der Waals surface area contributed by atoms with Gasteiger partial charge in [-0.1, -0.05) is 34.5 Å². The fraction of sp³-hybridized carbons (Fsp3) is 0. The molecule has 0 aliphatic carbocycles. The van der Waals surface area contributed by atoms with Crippen molar-refractivity contribution in [3.05, 3.63) is 55.4 Å². The lowest BCUT2D eigenvalue weighted by molar-refractivity contribution is -0.380. The second-order valence-corrected chi connectivity index (χ2v) is 6.20. The molecule has 114 valence electrons. The molecule has 0 bridgehead atoms. The highest BCUT2D eigenvalue weighted by Gasteiger charge is 2.08. The standard InChI is InChI=1S/C12H8Cl2N4O2S2/c13-9-3-1-7(5-10(9)14)16-12(21)17-15-6-8-2-4-11(22-8)18(19)20/h1-6H,(H2,16,17,21)/b15-6+. The molecule has 1 aromatic heterocycles. The first kappa shape index (κ1) is 16.6. The fourth-order valence-corrected chi connectivity index (χ4v) is 2.56. The van der Waals surface area contributed by atoms with Gasteiger partial charge >= 0.3 is 5.00 Å². The van der Waals surface area contributed by atoms with Crippen molar-refractivity contribution in [2.75, 3.05) is 5.32 Å². The Labute approximate surface area is 144 Å². The molecule has 0 atom stereocenters. The summed E-state index contributed by atoms with van der Waals surface area (Å²) in [7, 11) is 0. The second kappa shape index (κ2) is 7.50. The SMILES string of the molecule is O=[N+]([O-])c1ccc(/C=N/NC(=S)Nc2ccc(Cl)c(Cl)c2)s1. The lowest BCUT2D eigenvalue weighted by Gasteiger charge is -2.07. The first-order chi connectivity index (χ1) is 10.5. The first-order valence-corrected chi connectivity index (χ1v) is 7.73. The Morgan fingerprint density at radius 1 is 1.32 bits per heavy atom. The van der Waals surface area contributed by atoms with Crippen LogP contribution >= 0.6 is 46.8 Å². The minimum absolute atomic E-state index is 0.0537. The van der Waals surface area contributed by atoms with Gasteiger partial charge in [0.15, 0.2) is 5.11 Å². The van der Waals surface area contributed by atoms with E-state index in [4.69, 9.17) is 35.4 Å². The van der Waals surface area contributed by atoms with Crippen LogP contribution in [0.2, 0.25) is 10.0 Å². The van der Waals surface area contributed by atoms with Crippen LogP contribution in [0.25, 0.3) is 0 Å². The van der Waals surface area contributed by atoms with Gasteiger partial charge in [0.05, 0.1) is 26.1 Å². The molecule has 1 heterocycles. The van der Waals surface area contributed by atoms with Gasteiger partial charge in [-0.2, -0.15) is 5.10 Å². The molecule has 2 aromatic rings. The van der Waals surface area contributed by atoms with Gasteiger partial charge in [-0.05, 0) is 36.5 Å². The number of thiocarbonyl (C=S) groups is 1. The van der Waals surface area contributed by atoms with Crippen LogP contribution in [0.4, 0.5) is 10.7 Å². The van der Waals surface area contributed by atoms with Crippen LogP contribution < -0.4 is 10.7 Å². The molecule has 0 spiro atoms. The van der Waals surface area contributed by atoms with E-state index in [0.717, 1.165) is 11.3 Å². The van der Waals surface area contributed by atoms with Gasteiger partial charge in [-0.25, -0.2) is 0 Å². The molecule has 0 aliphatic rings. The van der Waals surface area contributed by atoms with Crippen molar-refractivity contribution >= 4 is 68.8 Å². The van der Waals surface area contributed by atoms with Crippen LogP contribution in [0, 0.1) is 10.1 Å². The van der Waals surface area contributed by atoms with E-state index in [0.29, 0.717) is 20.6 Å². The monoisotopic (exact) mass is 374 g/mol. The van der Waals surface area contributed by atoms with Crippen molar-refractivity contribution in [3.63, 3.8) is 0 Å². The Morgan fingerprint density at radius 2 is 2.09 bits per heavy atom. The van der Waals surface area contributed by atoms with Gasteiger partial charge < -0.3 is 5.32 Å². The summed E-state index contributed by atoms with van der Waals surface area (Å²) in [5.74, 6) is 0. The third-order valence-corrected chi connectivity index (χ3v) is 4.23. The van der Waals surface area contributed by atoms with Crippen molar-refractivity contribution in [2.45, 2.75) is 0 Å². The topological polar surface area (TPSA) is 79.6 Å². The van der Waals surface area contributed by atoms with Crippen molar-refractivity contribution in [2.24, 2.45) is 5.10 Å². The van der Waals surface area contributed by atoms with Crippen LogP contribution in [0.5, 0.6) is 0 Å². The predicted molar refractivity (Wildman–Crippen MR) is 94.4 cm³/mol. The van der Waals surface area contributed by atoms with Gasteiger partial charge in [-0.15, -0.1) is 0 Å². The third-order valence-electron chi connectivity index (χ3n) is 2.33. The van der Waals surface area contributed by atoms with E-state index in [1.54, 1.807) is 24.3 Å². The lowest BCUT2D eigenvalue weighted by atomic mass is 10.3. The molecule has 0 saturated carbocycles. The summed E-state index contributed by atoms with van der Waals surface area (Å²) < 4.78 is 0. The molecule has 0 fully saturated rings. The van der Waals surface area contributed by atoms with Gasteiger partial charge in [0.1, 0.15) is 0 Å². The van der Waals surface area contributed by atoms with Gasteiger partial charge in [0.2, 0.25) is 0 Å². The Bertz CT molecular complexity index is 748. The number of nitro groups is 1. The molecule has 2 N–H and O–H groups in total. The second-order valence-electron chi connectivity index (χ2n) is 3.89. The normalized spacial score (nSPS) is 10.6. The molecule has 1 aromatic carbocycles. The van der Waals surface area contributed by atoms with Crippen LogP contribution in [0.3, 0.4) is 0 Å². The molecule has 6 nitrogen and oxygen atoms in total. The number of halogens is 2. The maximum atomic E-state index is 10.6. The maximum absolute atomic E-state index is 10.6. The smallest absolute Gasteiger partial charge is 0.324 e. The molecule has 0 aliphatic heterocycles. The summed E-state index contributed by atoms with van der Waals surface area (Å²) in [4.78, 5) is 10.7. The number of nitrogens with zero attached hydrogens (tertiary/aromatic N) is 2. The summed E-state index contributed by atoms with van der Waals surface area (Å²) in [6.07, 6.45) is 1.44. The molecular formula is C12H8Cl2N4O2S2. The molecule has 0 unspecified atom stereocenters. The highest BCUT2D eigenvalue weighted by molar-refractivity contribution is 7.80. The maximum Gasteiger partial charge on any atom is 0.324 e. The largest absolute Gasteiger partial charge is 0.331 e. The van der Waals surface area contributed by atoms with Crippen LogP contribution in [-0.4, -0.2) is 16.3 Å². The summed E-state index contributed by atoms with van der Waals surface area (Å²) in [6, 6.07) is 8.00. The quantitative estimate of drug-likeness (QED) is 0.361. The predicted octanol–water partition coefficient (Wildman–Crippen LogP) is 4.28. The zero-order chi connectivity index (χ0) is 16.1. The van der Waals surface area contributed by atoms with Gasteiger partial charge in [-0.3, -0.25) is 15.5 Å². The Hall–Kier alpha value is -1.74. The highest BCUT2D eigenvalue weighted by atomic mass is 35.5. The number of nitrogens with one attached hydrogen (secondary N) is 2. The molecule has 0 radical (unpaired) electrons. The number of benzene rings is 1. The van der Waals surface area contributed by atoms with Crippen LogP contribution in [0.15, 0.2) is 35.4 Å². The molecular weight excluding hydrogens is 367 g/mol. The number of hydrogen-bond acceptors (Lipinski definition) is 5. The van der Waals surface area contributed by atoms with E-state index in [1.807, 2.05) is 0 Å². The van der Waals surface area contributed by atoms with E-state index in [2.05, 4.69) is 15.8 Å². The molecule has 2 rings (SSSR count). The summed E-state index contributed by atoms with van der Waals surface area (Å²) >= 11 is 17.8. The van der Waals surface area contributed by atoms with Crippen molar-refractivity contribution < 1.29 is 4.92 Å². The number of hydrogen-bond donors (Lipinski definition) is 2. The highest BCUT2D eigenvalue weighted by Crippen LogP contribution is 2.25. The summed E-state index contributed by atoms with van der Waals surface area (Å²) in [5, 5.41) is 18.5. The van der Waals surface area contributed by atoms with E-state index >= 15 is 0 Å². The van der Waals surface area contributed by atoms with Crippen molar-refractivity contribution in [1.29, 1.82) is 0 Å². The summed E-state index contributed by atoms with van der Waals surface area (Å²) in [6.45, 7) is 0. The Balaban J connectivity index is 1.90. The average Bonchev–Trinajstić information content (AvgIpc) is 2.92. The zero-order valence-electron chi connectivity index (χ0n) is 10.7. The Morgan fingerprint density at radius 3 is 2.73 bits per heavy atom. The minimum atomic E-state index is -0.452. The number of thiophene rings is 1. The van der Waals surface area contributed by atoms with Gasteiger partial charge in [0.25, 0.3) is 0 Å².